The summed E-state index contributed by atoms with van der Waals surface area (Å²) in [5, 5.41) is 20.2. The number of aliphatic hydroxyl groups excluding tert-OH is 1. The molecule has 70 valence electrons. The van der Waals surface area contributed by atoms with Gasteiger partial charge < -0.3 is 15.5 Å². The molecule has 1 rings (SSSR count). The highest BCUT2D eigenvalue weighted by atomic mass is 16.4. The van der Waals surface area contributed by atoms with Gasteiger partial charge in [0.05, 0.1) is 6.10 Å². The molecule has 1 aliphatic rings. The number of amides is 1. The van der Waals surface area contributed by atoms with Crippen LogP contribution in [0.15, 0.2) is 0 Å². The number of rotatable bonds is 1. The van der Waals surface area contributed by atoms with Gasteiger partial charge in [-0.3, -0.25) is 0 Å². The predicted molar refractivity (Wildman–Crippen MR) is 44.0 cm³/mol. The summed E-state index contributed by atoms with van der Waals surface area (Å²) in [5.41, 5.74) is 0. The third-order valence-corrected chi connectivity index (χ3v) is 2.22. The average molecular weight is 173 g/mol. The van der Waals surface area contributed by atoms with Crippen LogP contribution in [0.1, 0.15) is 32.1 Å². The van der Waals surface area contributed by atoms with Crippen LogP contribution in [0.25, 0.3) is 0 Å². The zero-order valence-corrected chi connectivity index (χ0v) is 6.99. The number of carboxylic acid groups (broad SMARTS) is 1. The maximum absolute atomic E-state index is 10.3. The molecule has 4 nitrogen and oxygen atoms in total. The van der Waals surface area contributed by atoms with E-state index in [1.807, 2.05) is 0 Å². The van der Waals surface area contributed by atoms with Crippen LogP contribution >= 0.6 is 0 Å². The molecule has 3 N–H and O–H groups in total. The first kappa shape index (κ1) is 9.32. The van der Waals surface area contributed by atoms with Crippen molar-refractivity contribution >= 4 is 6.09 Å². The SMILES string of the molecule is O=C(O)N[C@H]1CCCC[C@@H](O)C1. The normalized spacial score (nSPS) is 30.8. The van der Waals surface area contributed by atoms with Crippen LogP contribution in [0.2, 0.25) is 0 Å². The van der Waals surface area contributed by atoms with E-state index in [4.69, 9.17) is 5.11 Å². The molecule has 0 spiro atoms. The molecular formula is C8H15NO3. The Bertz CT molecular complexity index is 160. The topological polar surface area (TPSA) is 69.6 Å². The summed E-state index contributed by atoms with van der Waals surface area (Å²) in [4.78, 5) is 10.3. The van der Waals surface area contributed by atoms with Crippen molar-refractivity contribution in [3.8, 4) is 0 Å². The zero-order valence-electron chi connectivity index (χ0n) is 6.99. The van der Waals surface area contributed by atoms with Gasteiger partial charge in [-0.25, -0.2) is 4.79 Å². The minimum absolute atomic E-state index is 0.0556. The highest BCUT2D eigenvalue weighted by Gasteiger charge is 2.19. The molecule has 0 heterocycles. The Kier molecular flexibility index (Phi) is 3.34. The van der Waals surface area contributed by atoms with Gasteiger partial charge in [-0.15, -0.1) is 0 Å². The van der Waals surface area contributed by atoms with Crippen molar-refractivity contribution in [1.82, 2.24) is 5.32 Å². The molecule has 0 unspecified atom stereocenters. The minimum Gasteiger partial charge on any atom is -0.465 e. The second kappa shape index (κ2) is 4.30. The molecule has 2 atom stereocenters. The van der Waals surface area contributed by atoms with Crippen molar-refractivity contribution in [3.63, 3.8) is 0 Å². The lowest BCUT2D eigenvalue weighted by atomic mass is 10.1. The minimum atomic E-state index is -0.992. The van der Waals surface area contributed by atoms with E-state index in [0.29, 0.717) is 6.42 Å². The van der Waals surface area contributed by atoms with Crippen molar-refractivity contribution in [2.45, 2.75) is 44.2 Å². The van der Waals surface area contributed by atoms with E-state index in [-0.39, 0.29) is 12.1 Å². The standard InChI is InChI=1S/C8H15NO3/c10-7-4-2-1-3-6(5-7)9-8(11)12/h6-7,9-10H,1-5H2,(H,11,12)/t6-,7+/m0/s1. The van der Waals surface area contributed by atoms with Crippen LogP contribution in [-0.4, -0.2) is 28.5 Å². The molecule has 1 saturated carbocycles. The average Bonchev–Trinajstić information content (AvgIpc) is 2.12. The van der Waals surface area contributed by atoms with Gasteiger partial charge in [-0.05, 0) is 19.3 Å². The van der Waals surface area contributed by atoms with Crippen molar-refractivity contribution < 1.29 is 15.0 Å². The fraction of sp³-hybridized carbons (Fsp3) is 0.875. The van der Waals surface area contributed by atoms with E-state index in [1.165, 1.54) is 0 Å². The lowest BCUT2D eigenvalue weighted by Crippen LogP contribution is -2.35. The zero-order chi connectivity index (χ0) is 8.97. The first-order valence-corrected chi connectivity index (χ1v) is 4.36. The van der Waals surface area contributed by atoms with E-state index in [0.717, 1.165) is 25.7 Å². The highest BCUT2D eigenvalue weighted by molar-refractivity contribution is 5.64. The third kappa shape index (κ3) is 3.09. The molecule has 1 fully saturated rings. The Labute approximate surface area is 71.6 Å². The predicted octanol–water partition coefficient (Wildman–Crippen LogP) is 0.948. The Morgan fingerprint density at radius 3 is 2.67 bits per heavy atom. The van der Waals surface area contributed by atoms with Gasteiger partial charge in [0, 0.05) is 6.04 Å². The Morgan fingerprint density at radius 1 is 1.33 bits per heavy atom. The molecule has 0 aromatic carbocycles. The fourth-order valence-electron chi connectivity index (χ4n) is 1.64. The molecule has 0 bridgehead atoms. The van der Waals surface area contributed by atoms with Crippen LogP contribution < -0.4 is 5.32 Å². The molecule has 0 aromatic heterocycles. The molecule has 1 amide bonds. The van der Waals surface area contributed by atoms with E-state index >= 15 is 0 Å². The van der Waals surface area contributed by atoms with Crippen molar-refractivity contribution in [2.24, 2.45) is 0 Å². The summed E-state index contributed by atoms with van der Waals surface area (Å²) in [6.07, 6.45) is 2.90. The number of aliphatic hydroxyl groups is 1. The van der Waals surface area contributed by atoms with Crippen LogP contribution in [0, 0.1) is 0 Å². The summed E-state index contributed by atoms with van der Waals surface area (Å²) in [6, 6.07) is -0.0556. The highest BCUT2D eigenvalue weighted by Crippen LogP contribution is 2.17. The number of hydrogen-bond donors (Lipinski definition) is 3. The van der Waals surface area contributed by atoms with E-state index in [9.17, 15) is 9.90 Å². The van der Waals surface area contributed by atoms with Crippen molar-refractivity contribution in [1.29, 1.82) is 0 Å². The Balaban J connectivity index is 2.35. The molecule has 0 aliphatic heterocycles. The van der Waals surface area contributed by atoms with Crippen LogP contribution in [0.5, 0.6) is 0 Å². The summed E-state index contributed by atoms with van der Waals surface area (Å²) in [6.45, 7) is 0. The lowest BCUT2D eigenvalue weighted by molar-refractivity contribution is 0.143. The largest absolute Gasteiger partial charge is 0.465 e. The summed E-state index contributed by atoms with van der Waals surface area (Å²) in [7, 11) is 0. The molecule has 0 saturated heterocycles. The van der Waals surface area contributed by atoms with Gasteiger partial charge >= 0.3 is 6.09 Å². The second-order valence-corrected chi connectivity index (χ2v) is 3.32. The van der Waals surface area contributed by atoms with E-state index in [1.54, 1.807) is 0 Å². The van der Waals surface area contributed by atoms with E-state index < -0.39 is 6.09 Å². The maximum Gasteiger partial charge on any atom is 0.404 e. The molecule has 1 aliphatic carbocycles. The maximum atomic E-state index is 10.3. The van der Waals surface area contributed by atoms with Gasteiger partial charge in [0.1, 0.15) is 0 Å². The molecular weight excluding hydrogens is 158 g/mol. The molecule has 12 heavy (non-hydrogen) atoms. The fourth-order valence-corrected chi connectivity index (χ4v) is 1.64. The smallest absolute Gasteiger partial charge is 0.404 e. The number of hydrogen-bond acceptors (Lipinski definition) is 2. The van der Waals surface area contributed by atoms with Crippen LogP contribution in [0.4, 0.5) is 4.79 Å². The summed E-state index contributed by atoms with van der Waals surface area (Å²) in [5.74, 6) is 0. The molecule has 0 aromatic rings. The van der Waals surface area contributed by atoms with Gasteiger partial charge in [0.2, 0.25) is 0 Å². The van der Waals surface area contributed by atoms with Gasteiger partial charge in [-0.1, -0.05) is 12.8 Å². The first-order valence-electron chi connectivity index (χ1n) is 4.36. The number of nitrogens with one attached hydrogen (secondary N) is 1. The van der Waals surface area contributed by atoms with Crippen molar-refractivity contribution in [2.75, 3.05) is 0 Å². The third-order valence-electron chi connectivity index (χ3n) is 2.22. The second-order valence-electron chi connectivity index (χ2n) is 3.32. The Morgan fingerprint density at radius 2 is 2.00 bits per heavy atom. The monoisotopic (exact) mass is 173 g/mol. The number of carbonyl (C=O) groups is 1. The van der Waals surface area contributed by atoms with Gasteiger partial charge in [-0.2, -0.15) is 0 Å². The van der Waals surface area contributed by atoms with Crippen molar-refractivity contribution in [3.05, 3.63) is 0 Å². The molecule has 0 radical (unpaired) electrons. The van der Waals surface area contributed by atoms with Gasteiger partial charge in [0.25, 0.3) is 0 Å². The lowest BCUT2D eigenvalue weighted by Gasteiger charge is -2.15. The first-order chi connectivity index (χ1) is 5.68. The summed E-state index contributed by atoms with van der Waals surface area (Å²) >= 11 is 0. The summed E-state index contributed by atoms with van der Waals surface area (Å²) < 4.78 is 0. The quantitative estimate of drug-likeness (QED) is 0.517. The molecule has 4 heteroatoms. The van der Waals surface area contributed by atoms with Crippen LogP contribution in [-0.2, 0) is 0 Å². The van der Waals surface area contributed by atoms with E-state index in [2.05, 4.69) is 5.32 Å². The van der Waals surface area contributed by atoms with Gasteiger partial charge in [0.15, 0.2) is 0 Å². The Hall–Kier alpha value is -0.770. The van der Waals surface area contributed by atoms with Crippen LogP contribution in [0.3, 0.4) is 0 Å².